The van der Waals surface area contributed by atoms with Crippen molar-refractivity contribution < 1.29 is 4.79 Å². The number of aromatic amines is 1. The summed E-state index contributed by atoms with van der Waals surface area (Å²) in [5.74, 6) is 1.41. The Morgan fingerprint density at radius 1 is 1.39 bits per heavy atom. The fourth-order valence-corrected chi connectivity index (χ4v) is 2.15. The van der Waals surface area contributed by atoms with E-state index < -0.39 is 0 Å². The molecule has 1 heterocycles. The summed E-state index contributed by atoms with van der Waals surface area (Å²) in [4.78, 5) is 19.2. The molecular formula is C14H25N3O. The van der Waals surface area contributed by atoms with Crippen LogP contribution in [0.3, 0.4) is 0 Å². The van der Waals surface area contributed by atoms with E-state index in [-0.39, 0.29) is 11.8 Å². The lowest BCUT2D eigenvalue weighted by atomic mass is 9.97. The van der Waals surface area contributed by atoms with Crippen LogP contribution < -0.4 is 5.32 Å². The van der Waals surface area contributed by atoms with Crippen LogP contribution in [0.15, 0.2) is 12.4 Å². The van der Waals surface area contributed by atoms with Gasteiger partial charge in [-0.15, -0.1) is 0 Å². The van der Waals surface area contributed by atoms with Crippen molar-refractivity contribution in [3.63, 3.8) is 0 Å². The predicted octanol–water partition coefficient (Wildman–Crippen LogP) is 2.67. The van der Waals surface area contributed by atoms with Crippen molar-refractivity contribution in [3.8, 4) is 0 Å². The predicted molar refractivity (Wildman–Crippen MR) is 73.2 cm³/mol. The van der Waals surface area contributed by atoms with Gasteiger partial charge < -0.3 is 10.3 Å². The number of nitrogens with one attached hydrogen (secondary N) is 2. The van der Waals surface area contributed by atoms with E-state index in [1.165, 1.54) is 0 Å². The molecule has 0 aliphatic rings. The van der Waals surface area contributed by atoms with Gasteiger partial charge in [-0.25, -0.2) is 4.98 Å². The number of H-pyrrole nitrogens is 1. The van der Waals surface area contributed by atoms with E-state index in [1.807, 2.05) is 6.20 Å². The standard InChI is InChI=1S/C14H25N3O/c1-3-6-12(7-4-2)14(18)17-9-5-8-13-15-10-11-16-13/h10-12H,3-9H2,1-2H3,(H,15,16)(H,17,18). The summed E-state index contributed by atoms with van der Waals surface area (Å²) in [6.07, 6.45) is 9.55. The van der Waals surface area contributed by atoms with Gasteiger partial charge in [0.15, 0.2) is 0 Å². The molecular weight excluding hydrogens is 226 g/mol. The van der Waals surface area contributed by atoms with Gasteiger partial charge >= 0.3 is 0 Å². The minimum Gasteiger partial charge on any atom is -0.356 e. The van der Waals surface area contributed by atoms with Crippen LogP contribution in [0.5, 0.6) is 0 Å². The molecule has 0 radical (unpaired) electrons. The molecule has 0 fully saturated rings. The third-order valence-corrected chi connectivity index (χ3v) is 3.09. The lowest BCUT2D eigenvalue weighted by molar-refractivity contribution is -0.125. The number of carbonyl (C=O) groups excluding carboxylic acids is 1. The number of hydrogen-bond acceptors (Lipinski definition) is 2. The van der Waals surface area contributed by atoms with Gasteiger partial charge in [0.2, 0.25) is 5.91 Å². The van der Waals surface area contributed by atoms with Crippen LogP contribution in [0, 0.1) is 5.92 Å². The highest BCUT2D eigenvalue weighted by Gasteiger charge is 2.15. The molecule has 0 saturated heterocycles. The smallest absolute Gasteiger partial charge is 0.223 e. The molecule has 18 heavy (non-hydrogen) atoms. The summed E-state index contributed by atoms with van der Waals surface area (Å²) in [7, 11) is 0. The Kier molecular flexibility index (Phi) is 7.14. The van der Waals surface area contributed by atoms with Crippen molar-refractivity contribution in [2.24, 2.45) is 5.92 Å². The summed E-state index contributed by atoms with van der Waals surface area (Å²) in [6.45, 7) is 5.00. The van der Waals surface area contributed by atoms with Gasteiger partial charge in [0.25, 0.3) is 0 Å². The minimum absolute atomic E-state index is 0.198. The van der Waals surface area contributed by atoms with E-state index >= 15 is 0 Å². The lowest BCUT2D eigenvalue weighted by Gasteiger charge is -2.14. The second-order valence-corrected chi connectivity index (χ2v) is 4.70. The minimum atomic E-state index is 0.198. The Balaban J connectivity index is 2.18. The van der Waals surface area contributed by atoms with Crippen LogP contribution in [0.1, 0.15) is 51.8 Å². The molecule has 4 heteroatoms. The Morgan fingerprint density at radius 3 is 2.67 bits per heavy atom. The molecule has 0 aliphatic heterocycles. The Labute approximate surface area is 110 Å². The molecule has 102 valence electrons. The second-order valence-electron chi connectivity index (χ2n) is 4.70. The Hall–Kier alpha value is -1.32. The van der Waals surface area contributed by atoms with Crippen molar-refractivity contribution in [2.75, 3.05) is 6.54 Å². The second kappa shape index (κ2) is 8.72. The van der Waals surface area contributed by atoms with Gasteiger partial charge in [-0.3, -0.25) is 4.79 Å². The first-order chi connectivity index (χ1) is 8.77. The summed E-state index contributed by atoms with van der Waals surface area (Å²) >= 11 is 0. The van der Waals surface area contributed by atoms with E-state index in [0.717, 1.165) is 50.9 Å². The summed E-state index contributed by atoms with van der Waals surface area (Å²) in [6, 6.07) is 0. The molecule has 0 aromatic carbocycles. The number of rotatable bonds is 9. The Morgan fingerprint density at radius 2 is 2.11 bits per heavy atom. The zero-order valence-electron chi connectivity index (χ0n) is 11.5. The van der Waals surface area contributed by atoms with Gasteiger partial charge in [0, 0.05) is 31.3 Å². The number of aromatic nitrogens is 2. The van der Waals surface area contributed by atoms with E-state index in [9.17, 15) is 4.79 Å². The zero-order chi connectivity index (χ0) is 13.2. The molecule has 0 saturated carbocycles. The van der Waals surface area contributed by atoms with Crippen LogP contribution in [-0.4, -0.2) is 22.4 Å². The normalized spacial score (nSPS) is 10.8. The van der Waals surface area contributed by atoms with Gasteiger partial charge in [-0.05, 0) is 19.3 Å². The molecule has 1 aromatic heterocycles. The summed E-state index contributed by atoms with van der Waals surface area (Å²) in [5, 5.41) is 3.03. The number of carbonyl (C=O) groups is 1. The van der Waals surface area contributed by atoms with E-state index in [1.54, 1.807) is 6.20 Å². The van der Waals surface area contributed by atoms with Crippen molar-refractivity contribution >= 4 is 5.91 Å². The third-order valence-electron chi connectivity index (χ3n) is 3.09. The molecule has 0 aliphatic carbocycles. The van der Waals surface area contributed by atoms with E-state index in [2.05, 4.69) is 29.1 Å². The number of imidazole rings is 1. The van der Waals surface area contributed by atoms with E-state index in [4.69, 9.17) is 0 Å². The maximum absolute atomic E-state index is 11.9. The SMILES string of the molecule is CCCC(CCC)C(=O)NCCCc1ncc[nH]1. The topological polar surface area (TPSA) is 57.8 Å². The highest BCUT2D eigenvalue weighted by atomic mass is 16.1. The number of nitrogens with zero attached hydrogens (tertiary/aromatic N) is 1. The van der Waals surface area contributed by atoms with Crippen LogP contribution >= 0.6 is 0 Å². The molecule has 2 N–H and O–H groups in total. The van der Waals surface area contributed by atoms with Gasteiger partial charge in [0.05, 0.1) is 0 Å². The van der Waals surface area contributed by atoms with Crippen molar-refractivity contribution in [2.45, 2.75) is 52.4 Å². The van der Waals surface area contributed by atoms with Crippen LogP contribution in [-0.2, 0) is 11.2 Å². The monoisotopic (exact) mass is 251 g/mol. The highest BCUT2D eigenvalue weighted by Crippen LogP contribution is 2.13. The molecule has 0 atom stereocenters. The van der Waals surface area contributed by atoms with Crippen LogP contribution in [0.25, 0.3) is 0 Å². The molecule has 1 amide bonds. The average molecular weight is 251 g/mol. The first-order valence-corrected chi connectivity index (χ1v) is 7.03. The lowest BCUT2D eigenvalue weighted by Crippen LogP contribution is -2.31. The van der Waals surface area contributed by atoms with Crippen molar-refractivity contribution in [1.82, 2.24) is 15.3 Å². The van der Waals surface area contributed by atoms with Crippen molar-refractivity contribution in [1.29, 1.82) is 0 Å². The molecule has 1 aromatic rings. The molecule has 0 unspecified atom stereocenters. The first-order valence-electron chi connectivity index (χ1n) is 7.03. The van der Waals surface area contributed by atoms with Crippen LogP contribution in [0.4, 0.5) is 0 Å². The maximum atomic E-state index is 11.9. The highest BCUT2D eigenvalue weighted by molar-refractivity contribution is 5.78. The van der Waals surface area contributed by atoms with Gasteiger partial charge in [-0.2, -0.15) is 0 Å². The third kappa shape index (κ3) is 5.34. The van der Waals surface area contributed by atoms with Gasteiger partial charge in [0.1, 0.15) is 5.82 Å². The average Bonchev–Trinajstić information content (AvgIpc) is 2.87. The first kappa shape index (κ1) is 14.7. The van der Waals surface area contributed by atoms with Gasteiger partial charge in [-0.1, -0.05) is 26.7 Å². The Bertz CT molecular complexity index is 316. The van der Waals surface area contributed by atoms with E-state index in [0.29, 0.717) is 0 Å². The fourth-order valence-electron chi connectivity index (χ4n) is 2.15. The molecule has 1 rings (SSSR count). The van der Waals surface area contributed by atoms with Crippen LogP contribution in [0.2, 0.25) is 0 Å². The van der Waals surface area contributed by atoms with Crippen molar-refractivity contribution in [3.05, 3.63) is 18.2 Å². The summed E-state index contributed by atoms with van der Waals surface area (Å²) in [5.41, 5.74) is 0. The number of aryl methyl sites for hydroxylation is 1. The zero-order valence-corrected chi connectivity index (χ0v) is 11.5. The molecule has 4 nitrogen and oxygen atoms in total. The number of amides is 1. The molecule has 0 spiro atoms. The summed E-state index contributed by atoms with van der Waals surface area (Å²) < 4.78 is 0. The number of hydrogen-bond donors (Lipinski definition) is 2. The quantitative estimate of drug-likeness (QED) is 0.663. The maximum Gasteiger partial charge on any atom is 0.223 e. The largest absolute Gasteiger partial charge is 0.356 e. The fraction of sp³-hybridized carbons (Fsp3) is 0.714. The molecule has 0 bridgehead atoms.